The maximum atomic E-state index is 5.68. The van der Waals surface area contributed by atoms with Crippen LogP contribution >= 0.6 is 0 Å². The van der Waals surface area contributed by atoms with E-state index in [1.807, 2.05) is 6.92 Å². The lowest BCUT2D eigenvalue weighted by molar-refractivity contribution is 0.427. The zero-order valence-electron chi connectivity index (χ0n) is 9.24. The van der Waals surface area contributed by atoms with Crippen molar-refractivity contribution in [2.24, 2.45) is 0 Å². The van der Waals surface area contributed by atoms with Crippen LogP contribution in [0.2, 0.25) is 0 Å². The highest BCUT2D eigenvalue weighted by molar-refractivity contribution is 5.17. The third-order valence-corrected chi connectivity index (χ3v) is 3.00. The summed E-state index contributed by atoms with van der Waals surface area (Å²) < 4.78 is 0. The number of hydrogen-bond donors (Lipinski definition) is 1. The second-order valence-corrected chi connectivity index (χ2v) is 4.16. The van der Waals surface area contributed by atoms with Gasteiger partial charge in [0.1, 0.15) is 11.6 Å². The van der Waals surface area contributed by atoms with Crippen molar-refractivity contribution in [2.45, 2.75) is 51.4 Å². The van der Waals surface area contributed by atoms with Crippen molar-refractivity contribution in [1.29, 1.82) is 0 Å². The molecule has 1 aliphatic carbocycles. The van der Waals surface area contributed by atoms with Crippen LogP contribution in [0.25, 0.3) is 0 Å². The van der Waals surface area contributed by atoms with Crippen LogP contribution in [0.15, 0.2) is 0 Å². The molecular formula is C11H18N4. The van der Waals surface area contributed by atoms with Crippen molar-refractivity contribution in [1.82, 2.24) is 15.0 Å². The topological polar surface area (TPSA) is 64.7 Å². The Morgan fingerprint density at radius 2 is 1.87 bits per heavy atom. The smallest absolute Gasteiger partial charge is 0.223 e. The number of nitrogen functional groups attached to an aromatic ring is 1. The van der Waals surface area contributed by atoms with E-state index in [9.17, 15) is 0 Å². The molecule has 0 saturated heterocycles. The first-order valence-electron chi connectivity index (χ1n) is 5.80. The largest absolute Gasteiger partial charge is 0.368 e. The fourth-order valence-corrected chi connectivity index (χ4v) is 2.16. The molecule has 1 aromatic heterocycles. The number of rotatable bonds is 2. The van der Waals surface area contributed by atoms with Gasteiger partial charge in [-0.15, -0.1) is 0 Å². The zero-order valence-corrected chi connectivity index (χ0v) is 9.24. The fraction of sp³-hybridized carbons (Fsp3) is 0.727. The van der Waals surface area contributed by atoms with Gasteiger partial charge in [0.2, 0.25) is 5.95 Å². The van der Waals surface area contributed by atoms with Gasteiger partial charge in [-0.1, -0.05) is 26.2 Å². The molecule has 4 nitrogen and oxygen atoms in total. The van der Waals surface area contributed by atoms with E-state index in [1.54, 1.807) is 0 Å². The predicted octanol–water partition coefficient (Wildman–Crippen LogP) is 2.06. The summed E-state index contributed by atoms with van der Waals surface area (Å²) in [5.41, 5.74) is 5.68. The molecule has 2 N–H and O–H groups in total. The molecule has 2 rings (SSSR count). The monoisotopic (exact) mass is 206 g/mol. The molecule has 0 aromatic carbocycles. The third kappa shape index (κ3) is 2.43. The first-order chi connectivity index (χ1) is 7.29. The summed E-state index contributed by atoms with van der Waals surface area (Å²) in [6.07, 6.45) is 7.15. The molecule has 1 saturated carbocycles. The van der Waals surface area contributed by atoms with Gasteiger partial charge in [0, 0.05) is 12.3 Å². The van der Waals surface area contributed by atoms with E-state index in [4.69, 9.17) is 5.73 Å². The van der Waals surface area contributed by atoms with Crippen LogP contribution in [0.4, 0.5) is 5.95 Å². The summed E-state index contributed by atoms with van der Waals surface area (Å²) in [6.45, 7) is 2.04. The van der Waals surface area contributed by atoms with Crippen molar-refractivity contribution < 1.29 is 0 Å². The molecule has 0 bridgehead atoms. The Balaban J connectivity index is 2.22. The number of anilines is 1. The molecule has 1 aromatic rings. The Labute approximate surface area is 90.3 Å². The second kappa shape index (κ2) is 4.55. The Kier molecular flexibility index (Phi) is 3.14. The predicted molar refractivity (Wildman–Crippen MR) is 59.4 cm³/mol. The highest BCUT2D eigenvalue weighted by Gasteiger charge is 2.19. The summed E-state index contributed by atoms with van der Waals surface area (Å²) in [7, 11) is 0. The number of aromatic nitrogens is 3. The Hall–Kier alpha value is -1.19. The molecule has 0 radical (unpaired) electrons. The minimum atomic E-state index is 0.377. The highest BCUT2D eigenvalue weighted by atomic mass is 15.1. The summed E-state index contributed by atoms with van der Waals surface area (Å²) in [4.78, 5) is 12.8. The average molecular weight is 206 g/mol. The van der Waals surface area contributed by atoms with Gasteiger partial charge in [0.05, 0.1) is 0 Å². The van der Waals surface area contributed by atoms with Crippen LogP contribution < -0.4 is 5.73 Å². The Morgan fingerprint density at radius 3 is 2.53 bits per heavy atom. The fourth-order valence-electron chi connectivity index (χ4n) is 2.16. The van der Waals surface area contributed by atoms with Crippen LogP contribution in [0, 0.1) is 0 Å². The molecule has 0 spiro atoms. The first kappa shape index (κ1) is 10.3. The van der Waals surface area contributed by atoms with E-state index in [-0.39, 0.29) is 0 Å². The van der Waals surface area contributed by atoms with E-state index >= 15 is 0 Å². The third-order valence-electron chi connectivity index (χ3n) is 3.00. The van der Waals surface area contributed by atoms with Crippen molar-refractivity contribution in [3.63, 3.8) is 0 Å². The van der Waals surface area contributed by atoms with Crippen molar-refractivity contribution in [2.75, 3.05) is 5.73 Å². The summed E-state index contributed by atoms with van der Waals surface area (Å²) >= 11 is 0. The molecule has 82 valence electrons. The minimum absolute atomic E-state index is 0.377. The average Bonchev–Trinajstić information content (AvgIpc) is 2.29. The van der Waals surface area contributed by atoms with Gasteiger partial charge in [0.15, 0.2) is 0 Å². The minimum Gasteiger partial charge on any atom is -0.368 e. The van der Waals surface area contributed by atoms with Gasteiger partial charge >= 0.3 is 0 Å². The zero-order chi connectivity index (χ0) is 10.7. The van der Waals surface area contributed by atoms with Gasteiger partial charge in [-0.05, 0) is 12.8 Å². The van der Waals surface area contributed by atoms with Crippen molar-refractivity contribution in [3.8, 4) is 0 Å². The molecular weight excluding hydrogens is 188 g/mol. The molecule has 1 fully saturated rings. The SMILES string of the molecule is CCc1nc(N)nc(C2CCCCC2)n1. The molecule has 15 heavy (non-hydrogen) atoms. The van der Waals surface area contributed by atoms with Gasteiger partial charge in [-0.25, -0.2) is 4.98 Å². The quantitative estimate of drug-likeness (QED) is 0.804. The van der Waals surface area contributed by atoms with Crippen LogP contribution in [-0.4, -0.2) is 15.0 Å². The van der Waals surface area contributed by atoms with Gasteiger partial charge in [0.25, 0.3) is 0 Å². The van der Waals surface area contributed by atoms with Gasteiger partial charge < -0.3 is 5.73 Å². The molecule has 1 heterocycles. The number of nitrogens with two attached hydrogens (primary N) is 1. The summed E-state index contributed by atoms with van der Waals surface area (Å²) in [5.74, 6) is 2.62. The molecule has 0 unspecified atom stereocenters. The summed E-state index contributed by atoms with van der Waals surface area (Å²) in [5, 5.41) is 0. The highest BCUT2D eigenvalue weighted by Crippen LogP contribution is 2.30. The van der Waals surface area contributed by atoms with E-state index < -0.39 is 0 Å². The lowest BCUT2D eigenvalue weighted by Gasteiger charge is -2.20. The summed E-state index contributed by atoms with van der Waals surface area (Å²) in [6, 6.07) is 0. The first-order valence-corrected chi connectivity index (χ1v) is 5.80. The van der Waals surface area contributed by atoms with Crippen LogP contribution in [-0.2, 0) is 6.42 Å². The second-order valence-electron chi connectivity index (χ2n) is 4.16. The van der Waals surface area contributed by atoms with E-state index in [2.05, 4.69) is 15.0 Å². The lowest BCUT2D eigenvalue weighted by atomic mass is 9.89. The Morgan fingerprint density at radius 1 is 1.13 bits per heavy atom. The van der Waals surface area contributed by atoms with Gasteiger partial charge in [-0.2, -0.15) is 9.97 Å². The maximum Gasteiger partial charge on any atom is 0.223 e. The van der Waals surface area contributed by atoms with E-state index in [1.165, 1.54) is 32.1 Å². The van der Waals surface area contributed by atoms with Gasteiger partial charge in [-0.3, -0.25) is 0 Å². The van der Waals surface area contributed by atoms with E-state index in [0.717, 1.165) is 18.1 Å². The number of hydrogen-bond acceptors (Lipinski definition) is 4. The number of nitrogens with zero attached hydrogens (tertiary/aromatic N) is 3. The molecule has 0 amide bonds. The standard InChI is InChI=1S/C11H18N4/c1-2-9-13-10(15-11(12)14-9)8-6-4-3-5-7-8/h8H,2-7H2,1H3,(H2,12,13,14,15). The van der Waals surface area contributed by atoms with Crippen molar-refractivity contribution >= 4 is 5.95 Å². The normalized spacial score (nSPS) is 17.9. The maximum absolute atomic E-state index is 5.68. The van der Waals surface area contributed by atoms with Crippen LogP contribution in [0.1, 0.15) is 56.6 Å². The Bertz CT molecular complexity index is 331. The molecule has 4 heteroatoms. The van der Waals surface area contributed by atoms with Crippen LogP contribution in [0.5, 0.6) is 0 Å². The molecule has 0 aliphatic heterocycles. The van der Waals surface area contributed by atoms with Crippen LogP contribution in [0.3, 0.4) is 0 Å². The lowest BCUT2D eigenvalue weighted by Crippen LogP contribution is -2.13. The van der Waals surface area contributed by atoms with Crippen molar-refractivity contribution in [3.05, 3.63) is 11.6 Å². The molecule has 0 atom stereocenters. The molecule has 1 aliphatic rings. The number of aryl methyl sites for hydroxylation is 1. The van der Waals surface area contributed by atoms with E-state index in [0.29, 0.717) is 11.9 Å².